The van der Waals surface area contributed by atoms with Gasteiger partial charge in [0.15, 0.2) is 11.6 Å². The van der Waals surface area contributed by atoms with Gasteiger partial charge in [-0.25, -0.2) is 9.37 Å². The summed E-state index contributed by atoms with van der Waals surface area (Å²) in [6.07, 6.45) is 7.19. The molecule has 1 saturated heterocycles. The first-order valence-electron chi connectivity index (χ1n) is 15.7. The number of benzene rings is 1. The highest BCUT2D eigenvalue weighted by Crippen LogP contribution is 2.41. The Morgan fingerprint density at radius 1 is 1.21 bits per heavy atom. The number of nitrogens with zero attached hydrogens (tertiary/aromatic N) is 3. The van der Waals surface area contributed by atoms with Crippen molar-refractivity contribution >= 4 is 11.8 Å². The van der Waals surface area contributed by atoms with Crippen LogP contribution in [0.2, 0.25) is 0 Å². The molecule has 0 bridgehead atoms. The normalized spacial score (nSPS) is 19.7. The summed E-state index contributed by atoms with van der Waals surface area (Å²) < 4.78 is 26.1. The molecule has 1 unspecified atom stereocenters. The van der Waals surface area contributed by atoms with E-state index >= 15 is 4.39 Å². The summed E-state index contributed by atoms with van der Waals surface area (Å²) in [7, 11) is 5.28. The van der Waals surface area contributed by atoms with Crippen LogP contribution in [0.4, 0.5) is 10.2 Å². The Morgan fingerprint density at radius 3 is 2.65 bits per heavy atom. The number of nitrogens with one attached hydrogen (secondary N) is 1. The van der Waals surface area contributed by atoms with Crippen molar-refractivity contribution in [1.29, 1.82) is 0 Å². The zero-order valence-electron chi connectivity index (χ0n) is 27.2. The Labute approximate surface area is 257 Å². The third kappa shape index (κ3) is 7.98. The van der Waals surface area contributed by atoms with Crippen LogP contribution in [0.5, 0.6) is 11.5 Å². The predicted molar refractivity (Wildman–Crippen MR) is 169 cm³/mol. The van der Waals surface area contributed by atoms with E-state index in [9.17, 15) is 9.90 Å². The molecule has 4 rings (SSSR count). The number of fused-ring (bicyclic) bond motifs is 1. The fourth-order valence-corrected chi connectivity index (χ4v) is 6.73. The number of hydrogen-bond donors (Lipinski definition) is 2. The lowest BCUT2D eigenvalue weighted by Crippen LogP contribution is -2.39. The molecule has 0 amide bonds. The quantitative estimate of drug-likeness (QED) is 0.269. The molecule has 238 valence electrons. The standard InChI is InChI=1S/C34H51FN4O4/c1-33(2,3)23-18-26(30(43-7)27(35)19-23)29(32(40)41)39-17-14-34(4,22-39)21-38(5)16-10-8-9-12-24-20-28(42-6)25-13-11-15-36-31(25)37-24/h18-20,29H,8-17,21-22H2,1-7H3,(H,36,37)(H,40,41)/t29?,34-/m0/s1. The highest BCUT2D eigenvalue weighted by molar-refractivity contribution is 5.77. The van der Waals surface area contributed by atoms with Crippen LogP contribution in [-0.2, 0) is 23.1 Å². The van der Waals surface area contributed by atoms with Crippen LogP contribution in [0.25, 0.3) is 0 Å². The Balaban J connectivity index is 1.31. The van der Waals surface area contributed by atoms with Gasteiger partial charge in [0.25, 0.3) is 0 Å². The van der Waals surface area contributed by atoms with Crippen LogP contribution in [-0.4, -0.2) is 79.9 Å². The van der Waals surface area contributed by atoms with E-state index in [0.29, 0.717) is 18.7 Å². The number of likely N-dealkylation sites (tertiary alicyclic amines) is 1. The molecule has 1 fully saturated rings. The SMILES string of the molecule is COc1cc(CCCCCN(C)C[C@]2(C)CCN(C(C(=O)O)c3cc(C(C)(C)C)cc(F)c3OC)C2)nc2c1CCCN2. The van der Waals surface area contributed by atoms with Gasteiger partial charge in [-0.3, -0.25) is 9.69 Å². The number of rotatable bonds is 13. The number of carbonyl (C=O) groups is 1. The molecule has 2 aliphatic heterocycles. The molecule has 0 spiro atoms. The number of ether oxygens (including phenoxy) is 2. The first-order valence-corrected chi connectivity index (χ1v) is 15.7. The number of aromatic nitrogens is 1. The van der Waals surface area contributed by atoms with Crippen molar-refractivity contribution in [3.63, 3.8) is 0 Å². The first-order chi connectivity index (χ1) is 20.3. The molecule has 2 atom stereocenters. The van der Waals surface area contributed by atoms with Crippen LogP contribution in [0.1, 0.15) is 88.2 Å². The van der Waals surface area contributed by atoms with Crippen LogP contribution < -0.4 is 14.8 Å². The third-order valence-corrected chi connectivity index (χ3v) is 9.00. The molecule has 0 aliphatic carbocycles. The summed E-state index contributed by atoms with van der Waals surface area (Å²) >= 11 is 0. The van der Waals surface area contributed by atoms with Gasteiger partial charge < -0.3 is 24.8 Å². The van der Waals surface area contributed by atoms with Crippen LogP contribution >= 0.6 is 0 Å². The van der Waals surface area contributed by atoms with Gasteiger partial charge >= 0.3 is 5.97 Å². The molecular weight excluding hydrogens is 547 g/mol. The van der Waals surface area contributed by atoms with Crippen molar-refractivity contribution in [3.05, 3.63) is 46.4 Å². The smallest absolute Gasteiger partial charge is 0.325 e. The number of aryl methyl sites for hydroxylation is 1. The minimum Gasteiger partial charge on any atom is -0.496 e. The second-order valence-electron chi connectivity index (χ2n) is 13.8. The number of pyridine rings is 1. The maximum atomic E-state index is 15.1. The van der Waals surface area contributed by atoms with Gasteiger partial charge in [0.2, 0.25) is 0 Å². The van der Waals surface area contributed by atoms with E-state index in [1.54, 1.807) is 7.11 Å². The molecule has 3 heterocycles. The van der Waals surface area contributed by atoms with E-state index in [0.717, 1.165) is 87.4 Å². The van der Waals surface area contributed by atoms with Crippen molar-refractivity contribution < 1.29 is 23.8 Å². The number of carboxylic acid groups (broad SMARTS) is 1. The van der Waals surface area contributed by atoms with Crippen LogP contribution in [0.3, 0.4) is 0 Å². The molecule has 1 aromatic heterocycles. The van der Waals surface area contributed by atoms with Gasteiger partial charge in [0.1, 0.15) is 17.6 Å². The minimum atomic E-state index is -0.983. The molecule has 8 nitrogen and oxygen atoms in total. The van der Waals surface area contributed by atoms with Crippen molar-refractivity contribution in [2.45, 2.75) is 84.1 Å². The zero-order valence-corrected chi connectivity index (χ0v) is 27.2. The van der Waals surface area contributed by atoms with Gasteiger partial charge in [-0.1, -0.05) is 34.1 Å². The van der Waals surface area contributed by atoms with Gasteiger partial charge in [-0.05, 0) is 87.2 Å². The van der Waals surface area contributed by atoms with Crippen molar-refractivity contribution in [1.82, 2.24) is 14.8 Å². The van der Waals surface area contributed by atoms with Gasteiger partial charge in [-0.15, -0.1) is 0 Å². The number of anilines is 1. The minimum absolute atomic E-state index is 0.0198. The van der Waals surface area contributed by atoms with E-state index in [4.69, 9.17) is 14.5 Å². The summed E-state index contributed by atoms with van der Waals surface area (Å²) in [5.41, 5.74) is 3.03. The maximum Gasteiger partial charge on any atom is 0.325 e. The third-order valence-electron chi connectivity index (χ3n) is 9.00. The Hall–Kier alpha value is -2.91. The lowest BCUT2D eigenvalue weighted by Gasteiger charge is -2.32. The molecular formula is C34H51FN4O4. The van der Waals surface area contributed by atoms with Crippen LogP contribution in [0.15, 0.2) is 18.2 Å². The second kappa shape index (κ2) is 13.8. The van der Waals surface area contributed by atoms with Crippen molar-refractivity contribution in [2.24, 2.45) is 5.41 Å². The van der Waals surface area contributed by atoms with E-state index in [2.05, 4.69) is 30.3 Å². The summed E-state index contributed by atoms with van der Waals surface area (Å²) in [6, 6.07) is 4.40. The number of unbranched alkanes of at least 4 members (excludes halogenated alkanes) is 2. The predicted octanol–water partition coefficient (Wildman–Crippen LogP) is 6.08. The maximum absolute atomic E-state index is 15.1. The Morgan fingerprint density at radius 2 is 1.98 bits per heavy atom. The number of hydrogen-bond acceptors (Lipinski definition) is 7. The van der Waals surface area contributed by atoms with E-state index in [1.165, 1.54) is 18.7 Å². The van der Waals surface area contributed by atoms with Crippen molar-refractivity contribution in [3.8, 4) is 11.5 Å². The molecule has 43 heavy (non-hydrogen) atoms. The molecule has 2 N–H and O–H groups in total. The molecule has 0 radical (unpaired) electrons. The summed E-state index contributed by atoms with van der Waals surface area (Å²) in [6.45, 7) is 12.3. The number of carboxylic acids is 1. The van der Waals surface area contributed by atoms with Gasteiger partial charge in [0.05, 0.1) is 14.2 Å². The zero-order chi connectivity index (χ0) is 31.4. The average molecular weight is 599 g/mol. The number of methoxy groups -OCH3 is 2. The summed E-state index contributed by atoms with van der Waals surface area (Å²) in [4.78, 5) is 21.8. The molecule has 1 aromatic carbocycles. The summed E-state index contributed by atoms with van der Waals surface area (Å²) in [5, 5.41) is 13.8. The largest absolute Gasteiger partial charge is 0.496 e. The molecule has 2 aliphatic rings. The van der Waals surface area contributed by atoms with E-state index in [1.807, 2.05) is 31.7 Å². The average Bonchev–Trinajstić information content (AvgIpc) is 3.31. The second-order valence-corrected chi connectivity index (χ2v) is 13.8. The highest BCUT2D eigenvalue weighted by Gasteiger charge is 2.42. The van der Waals surface area contributed by atoms with Gasteiger partial charge in [-0.2, -0.15) is 0 Å². The molecule has 9 heteroatoms. The van der Waals surface area contributed by atoms with E-state index in [-0.39, 0.29) is 16.6 Å². The number of halogens is 1. The molecule has 2 aromatic rings. The topological polar surface area (TPSA) is 87.2 Å². The fourth-order valence-electron chi connectivity index (χ4n) is 6.73. The Kier molecular flexibility index (Phi) is 10.6. The lowest BCUT2D eigenvalue weighted by atomic mass is 9.84. The van der Waals surface area contributed by atoms with Crippen LogP contribution in [0, 0.1) is 11.2 Å². The fraction of sp³-hybridized carbons (Fsp3) is 0.647. The lowest BCUT2D eigenvalue weighted by molar-refractivity contribution is -0.143. The molecule has 0 saturated carbocycles. The van der Waals surface area contributed by atoms with Gasteiger partial charge in [0, 0.05) is 42.5 Å². The number of aliphatic carboxylic acids is 1. The Bertz CT molecular complexity index is 1260. The summed E-state index contributed by atoms with van der Waals surface area (Å²) in [5.74, 6) is 0.446. The van der Waals surface area contributed by atoms with E-state index < -0.39 is 17.8 Å². The first kappa shape index (κ1) is 33.0. The van der Waals surface area contributed by atoms with Crippen molar-refractivity contribution in [2.75, 3.05) is 59.3 Å². The highest BCUT2D eigenvalue weighted by atomic mass is 19.1. The monoisotopic (exact) mass is 598 g/mol.